The van der Waals surface area contributed by atoms with Gasteiger partial charge in [-0.05, 0) is 62.8 Å². The van der Waals surface area contributed by atoms with Gasteiger partial charge >= 0.3 is 5.97 Å². The van der Waals surface area contributed by atoms with Gasteiger partial charge in [0.2, 0.25) is 5.91 Å². The lowest BCUT2D eigenvalue weighted by atomic mass is 9.80. The molecule has 1 aromatic carbocycles. The molecule has 0 spiro atoms. The van der Waals surface area contributed by atoms with Crippen LogP contribution in [0.4, 0.5) is 5.69 Å². The Morgan fingerprint density at radius 1 is 1.15 bits per heavy atom. The number of esters is 1. The summed E-state index contributed by atoms with van der Waals surface area (Å²) in [6, 6.07) is 6.24. The number of carbonyl (C=O) groups is 3. The number of primary amides is 1. The van der Waals surface area contributed by atoms with E-state index in [0.717, 1.165) is 31.6 Å². The number of hydrogen-bond acceptors (Lipinski definition) is 4. The first kappa shape index (κ1) is 20.9. The fraction of sp³-hybridized carbons (Fsp3) is 0.571. The molecule has 3 N–H and O–H groups in total. The standard InChI is InChI=1S/C21H30N2O4/c1-3-4-5-15-6-8-17(9-7-15)21(26)27-14(2)20(25)23-18-12-10-16(11-13-18)19(22)24/h10-15,17H,3-9H2,1-2H3,(H2,22,24)(H,23,25)/t14-,15?,17?/m1/s1. The predicted octanol–water partition coefficient (Wildman–Crippen LogP) is 3.65. The van der Waals surface area contributed by atoms with Gasteiger partial charge in [-0.1, -0.05) is 26.2 Å². The van der Waals surface area contributed by atoms with Crippen molar-refractivity contribution in [3.8, 4) is 0 Å². The van der Waals surface area contributed by atoms with Crippen molar-refractivity contribution in [1.82, 2.24) is 0 Å². The van der Waals surface area contributed by atoms with Gasteiger partial charge in [0.15, 0.2) is 6.10 Å². The molecule has 2 amide bonds. The van der Waals surface area contributed by atoms with E-state index in [1.165, 1.54) is 31.4 Å². The minimum Gasteiger partial charge on any atom is -0.452 e. The fourth-order valence-electron chi connectivity index (χ4n) is 3.47. The van der Waals surface area contributed by atoms with Gasteiger partial charge in [0.1, 0.15) is 0 Å². The van der Waals surface area contributed by atoms with E-state index in [2.05, 4.69) is 12.2 Å². The second-order valence-corrected chi connectivity index (χ2v) is 7.37. The van der Waals surface area contributed by atoms with E-state index in [1.807, 2.05) is 0 Å². The van der Waals surface area contributed by atoms with E-state index >= 15 is 0 Å². The molecule has 1 aliphatic rings. The van der Waals surface area contributed by atoms with Crippen LogP contribution in [0.25, 0.3) is 0 Å². The van der Waals surface area contributed by atoms with Gasteiger partial charge in [-0.3, -0.25) is 14.4 Å². The first-order valence-corrected chi connectivity index (χ1v) is 9.82. The summed E-state index contributed by atoms with van der Waals surface area (Å²) in [7, 11) is 0. The molecule has 0 bridgehead atoms. The number of anilines is 1. The second-order valence-electron chi connectivity index (χ2n) is 7.37. The van der Waals surface area contributed by atoms with Gasteiger partial charge in [-0.15, -0.1) is 0 Å². The molecule has 0 aromatic heterocycles. The Hall–Kier alpha value is -2.37. The quantitative estimate of drug-likeness (QED) is 0.679. The van der Waals surface area contributed by atoms with Gasteiger partial charge in [-0.2, -0.15) is 0 Å². The third kappa shape index (κ3) is 6.38. The van der Waals surface area contributed by atoms with Crippen LogP contribution in [0.2, 0.25) is 0 Å². The summed E-state index contributed by atoms with van der Waals surface area (Å²) in [5.41, 5.74) is 6.07. The molecule has 1 saturated carbocycles. The van der Waals surface area contributed by atoms with Crippen LogP contribution in [0, 0.1) is 11.8 Å². The van der Waals surface area contributed by atoms with E-state index in [0.29, 0.717) is 11.3 Å². The highest BCUT2D eigenvalue weighted by molar-refractivity contribution is 5.96. The Labute approximate surface area is 160 Å². The summed E-state index contributed by atoms with van der Waals surface area (Å²) in [6.07, 6.45) is 6.64. The van der Waals surface area contributed by atoms with Crippen molar-refractivity contribution < 1.29 is 19.1 Å². The maximum Gasteiger partial charge on any atom is 0.309 e. The molecule has 27 heavy (non-hydrogen) atoms. The summed E-state index contributed by atoms with van der Waals surface area (Å²) in [4.78, 5) is 35.7. The Morgan fingerprint density at radius 2 is 1.78 bits per heavy atom. The van der Waals surface area contributed by atoms with Crippen molar-refractivity contribution in [3.05, 3.63) is 29.8 Å². The molecule has 2 rings (SSSR count). The average molecular weight is 374 g/mol. The lowest BCUT2D eigenvalue weighted by Gasteiger charge is -2.28. The summed E-state index contributed by atoms with van der Waals surface area (Å²) in [6.45, 7) is 3.76. The highest BCUT2D eigenvalue weighted by Gasteiger charge is 2.29. The van der Waals surface area contributed by atoms with Crippen LogP contribution in [0.3, 0.4) is 0 Å². The first-order valence-electron chi connectivity index (χ1n) is 9.82. The van der Waals surface area contributed by atoms with Crippen LogP contribution in [0.15, 0.2) is 24.3 Å². The van der Waals surface area contributed by atoms with Gasteiger partial charge in [0.05, 0.1) is 5.92 Å². The Morgan fingerprint density at radius 3 is 2.33 bits per heavy atom. The number of carbonyl (C=O) groups excluding carboxylic acids is 3. The van der Waals surface area contributed by atoms with Crippen LogP contribution in [0.5, 0.6) is 0 Å². The van der Waals surface area contributed by atoms with Gasteiger partial charge in [0, 0.05) is 11.3 Å². The number of ether oxygens (including phenoxy) is 1. The van der Waals surface area contributed by atoms with Crippen molar-refractivity contribution in [1.29, 1.82) is 0 Å². The van der Waals surface area contributed by atoms with Crippen molar-refractivity contribution in [2.75, 3.05) is 5.32 Å². The smallest absolute Gasteiger partial charge is 0.309 e. The molecule has 6 heteroatoms. The van der Waals surface area contributed by atoms with E-state index in [-0.39, 0.29) is 11.9 Å². The Balaban J connectivity index is 1.78. The lowest BCUT2D eigenvalue weighted by molar-refractivity contribution is -0.158. The number of benzene rings is 1. The number of amides is 2. The molecular formula is C21H30N2O4. The Bertz CT molecular complexity index is 649. The highest BCUT2D eigenvalue weighted by Crippen LogP contribution is 2.32. The number of nitrogens with two attached hydrogens (primary N) is 1. The van der Waals surface area contributed by atoms with Crippen LogP contribution in [-0.4, -0.2) is 23.9 Å². The van der Waals surface area contributed by atoms with Crippen molar-refractivity contribution in [2.24, 2.45) is 17.6 Å². The van der Waals surface area contributed by atoms with Gasteiger partial charge in [-0.25, -0.2) is 0 Å². The number of hydrogen-bond donors (Lipinski definition) is 2. The zero-order valence-corrected chi connectivity index (χ0v) is 16.2. The molecule has 1 aliphatic carbocycles. The molecule has 6 nitrogen and oxygen atoms in total. The topological polar surface area (TPSA) is 98.5 Å². The van der Waals surface area contributed by atoms with Crippen molar-refractivity contribution in [2.45, 2.75) is 64.9 Å². The molecule has 0 saturated heterocycles. The third-order valence-corrected chi connectivity index (χ3v) is 5.25. The van der Waals surface area contributed by atoms with Crippen molar-refractivity contribution in [3.63, 3.8) is 0 Å². The monoisotopic (exact) mass is 374 g/mol. The maximum absolute atomic E-state index is 12.4. The minimum absolute atomic E-state index is 0.104. The largest absolute Gasteiger partial charge is 0.452 e. The minimum atomic E-state index is -0.869. The average Bonchev–Trinajstić information content (AvgIpc) is 2.67. The molecular weight excluding hydrogens is 344 g/mol. The molecule has 0 unspecified atom stereocenters. The molecule has 1 fully saturated rings. The van der Waals surface area contributed by atoms with E-state index in [1.54, 1.807) is 19.1 Å². The zero-order valence-electron chi connectivity index (χ0n) is 16.2. The summed E-state index contributed by atoms with van der Waals surface area (Å²) in [5.74, 6) is -0.590. The number of unbranched alkanes of at least 4 members (excludes halogenated alkanes) is 1. The molecule has 0 aliphatic heterocycles. The molecule has 148 valence electrons. The first-order chi connectivity index (χ1) is 12.9. The van der Waals surface area contributed by atoms with Crippen LogP contribution >= 0.6 is 0 Å². The van der Waals surface area contributed by atoms with Gasteiger partial charge < -0.3 is 15.8 Å². The molecule has 1 aromatic rings. The van der Waals surface area contributed by atoms with E-state index in [9.17, 15) is 14.4 Å². The van der Waals surface area contributed by atoms with Crippen molar-refractivity contribution >= 4 is 23.5 Å². The zero-order chi connectivity index (χ0) is 19.8. The summed E-state index contributed by atoms with van der Waals surface area (Å²) in [5, 5.41) is 2.68. The third-order valence-electron chi connectivity index (χ3n) is 5.25. The van der Waals surface area contributed by atoms with Crippen LogP contribution in [-0.2, 0) is 14.3 Å². The molecule has 1 atom stereocenters. The summed E-state index contributed by atoms with van der Waals surface area (Å²) >= 11 is 0. The molecule has 0 radical (unpaired) electrons. The van der Waals surface area contributed by atoms with E-state index in [4.69, 9.17) is 10.5 Å². The Kier molecular flexibility index (Phi) is 7.82. The molecule has 0 heterocycles. The predicted molar refractivity (Wildman–Crippen MR) is 104 cm³/mol. The fourth-order valence-corrected chi connectivity index (χ4v) is 3.47. The summed E-state index contributed by atoms with van der Waals surface area (Å²) < 4.78 is 5.38. The lowest BCUT2D eigenvalue weighted by Crippen LogP contribution is -2.33. The second kappa shape index (κ2) is 10.1. The van der Waals surface area contributed by atoms with Crippen LogP contribution < -0.4 is 11.1 Å². The normalized spacial score (nSPS) is 20.5. The highest BCUT2D eigenvalue weighted by atomic mass is 16.5. The SMILES string of the molecule is CCCCC1CCC(C(=O)O[C@H](C)C(=O)Nc2ccc(C(N)=O)cc2)CC1. The van der Waals surface area contributed by atoms with Crippen LogP contribution in [0.1, 0.15) is 69.2 Å². The maximum atomic E-state index is 12.4. The number of nitrogens with one attached hydrogen (secondary N) is 1. The number of rotatable bonds is 8. The van der Waals surface area contributed by atoms with E-state index < -0.39 is 17.9 Å². The van der Waals surface area contributed by atoms with Gasteiger partial charge in [0.25, 0.3) is 5.91 Å².